The third-order valence-corrected chi connectivity index (χ3v) is 5.59. The van der Waals surface area contributed by atoms with E-state index < -0.39 is 34.2 Å². The highest BCUT2D eigenvalue weighted by Crippen LogP contribution is 2.30. The van der Waals surface area contributed by atoms with Crippen LogP contribution in [0.25, 0.3) is 10.8 Å². The third kappa shape index (κ3) is 5.10. The summed E-state index contributed by atoms with van der Waals surface area (Å²) in [5.74, 6) is -0.634. The molecule has 0 unspecified atom stereocenters. The second kappa shape index (κ2) is 8.35. The van der Waals surface area contributed by atoms with Gasteiger partial charge in [-0.25, -0.2) is 8.42 Å². The van der Waals surface area contributed by atoms with Gasteiger partial charge in [-0.3, -0.25) is 9.10 Å². The van der Waals surface area contributed by atoms with Crippen LogP contribution in [0.5, 0.6) is 0 Å². The molecule has 1 amide bonds. The largest absolute Gasteiger partial charge is 0.416 e. The van der Waals surface area contributed by atoms with Crippen molar-refractivity contribution in [3.05, 3.63) is 77.9 Å². The van der Waals surface area contributed by atoms with Crippen molar-refractivity contribution in [3.8, 4) is 0 Å². The SMILES string of the molecule is CS(=O)(=O)N(CC(=O)NCc1cccc(C(F)(F)F)c1)c1cccc2ccccc12. The van der Waals surface area contributed by atoms with E-state index in [1.54, 1.807) is 24.3 Å². The maximum absolute atomic E-state index is 12.8. The summed E-state index contributed by atoms with van der Waals surface area (Å²) in [6.45, 7) is -0.651. The second-order valence-corrected chi connectivity index (χ2v) is 8.65. The van der Waals surface area contributed by atoms with Crippen molar-refractivity contribution in [2.75, 3.05) is 17.1 Å². The van der Waals surface area contributed by atoms with Crippen LogP contribution >= 0.6 is 0 Å². The van der Waals surface area contributed by atoms with Crippen LogP contribution < -0.4 is 9.62 Å². The average Bonchev–Trinajstić information content (AvgIpc) is 2.69. The summed E-state index contributed by atoms with van der Waals surface area (Å²) in [6, 6.07) is 16.9. The zero-order valence-corrected chi connectivity index (χ0v) is 16.8. The molecular weight excluding hydrogens is 417 g/mol. The lowest BCUT2D eigenvalue weighted by Gasteiger charge is -2.23. The Hall–Kier alpha value is -3.07. The smallest absolute Gasteiger partial charge is 0.350 e. The fraction of sp³-hybridized carbons (Fsp3) is 0.190. The molecule has 0 saturated heterocycles. The fourth-order valence-electron chi connectivity index (χ4n) is 3.05. The normalized spacial score (nSPS) is 12.0. The van der Waals surface area contributed by atoms with Crippen LogP contribution in [0, 0.1) is 0 Å². The van der Waals surface area contributed by atoms with Crippen LogP contribution in [0.2, 0.25) is 0 Å². The summed E-state index contributed by atoms with van der Waals surface area (Å²) in [5.41, 5.74) is -0.207. The standard InChI is InChI=1S/C21H19F3N2O3S/c1-30(28,29)26(19-11-5-8-16-7-2-3-10-18(16)19)14-20(27)25-13-15-6-4-9-17(12-15)21(22,23)24/h2-12H,13-14H2,1H3,(H,25,27). The van der Waals surface area contributed by atoms with Gasteiger partial charge in [0.15, 0.2) is 0 Å². The lowest BCUT2D eigenvalue weighted by molar-refractivity contribution is -0.137. The summed E-state index contributed by atoms with van der Waals surface area (Å²) >= 11 is 0. The quantitative estimate of drug-likeness (QED) is 0.637. The van der Waals surface area contributed by atoms with Crippen LogP contribution in [0.3, 0.4) is 0 Å². The summed E-state index contributed by atoms with van der Waals surface area (Å²) < 4.78 is 64.2. The summed E-state index contributed by atoms with van der Waals surface area (Å²) in [4.78, 5) is 12.4. The molecule has 0 aliphatic rings. The van der Waals surface area contributed by atoms with Gasteiger partial charge in [0.2, 0.25) is 15.9 Å². The number of nitrogens with one attached hydrogen (secondary N) is 1. The van der Waals surface area contributed by atoms with Gasteiger partial charge >= 0.3 is 6.18 Å². The van der Waals surface area contributed by atoms with E-state index in [9.17, 15) is 26.4 Å². The molecule has 0 heterocycles. The van der Waals surface area contributed by atoms with Gasteiger partial charge < -0.3 is 5.32 Å². The zero-order valence-electron chi connectivity index (χ0n) is 16.0. The maximum Gasteiger partial charge on any atom is 0.416 e. The van der Waals surface area contributed by atoms with Gasteiger partial charge in [0.1, 0.15) is 6.54 Å². The molecule has 3 rings (SSSR count). The van der Waals surface area contributed by atoms with Gasteiger partial charge in [-0.05, 0) is 29.1 Å². The number of benzene rings is 3. The molecule has 5 nitrogen and oxygen atoms in total. The van der Waals surface area contributed by atoms with E-state index in [0.29, 0.717) is 11.1 Å². The first-order valence-electron chi connectivity index (χ1n) is 8.94. The molecule has 30 heavy (non-hydrogen) atoms. The molecule has 0 aliphatic carbocycles. The van der Waals surface area contributed by atoms with Gasteiger partial charge in [0.25, 0.3) is 0 Å². The van der Waals surface area contributed by atoms with Gasteiger partial charge in [0, 0.05) is 11.9 Å². The number of sulfonamides is 1. The molecule has 0 radical (unpaired) electrons. The summed E-state index contributed by atoms with van der Waals surface area (Å²) in [7, 11) is -3.79. The Balaban J connectivity index is 1.79. The van der Waals surface area contributed by atoms with Gasteiger partial charge in [-0.2, -0.15) is 13.2 Å². The van der Waals surface area contributed by atoms with Crippen LogP contribution in [0.15, 0.2) is 66.7 Å². The van der Waals surface area contributed by atoms with Crippen molar-refractivity contribution >= 4 is 32.4 Å². The first kappa shape index (κ1) is 21.6. The fourth-order valence-corrected chi connectivity index (χ4v) is 3.92. The van der Waals surface area contributed by atoms with E-state index in [-0.39, 0.29) is 12.1 Å². The highest BCUT2D eigenvalue weighted by Gasteiger charge is 2.30. The molecule has 0 bridgehead atoms. The van der Waals surface area contributed by atoms with Crippen LogP contribution in [0.1, 0.15) is 11.1 Å². The average molecular weight is 436 g/mol. The minimum atomic E-state index is -4.48. The Morgan fingerprint density at radius 1 is 1.00 bits per heavy atom. The molecule has 158 valence electrons. The number of anilines is 1. The molecule has 1 N–H and O–H groups in total. The van der Waals surface area contributed by atoms with E-state index in [2.05, 4.69) is 5.32 Å². The number of rotatable bonds is 6. The summed E-state index contributed by atoms with van der Waals surface area (Å²) in [6.07, 6.45) is -3.49. The van der Waals surface area contributed by atoms with Crippen molar-refractivity contribution in [3.63, 3.8) is 0 Å². The van der Waals surface area contributed by atoms with Crippen molar-refractivity contribution in [2.45, 2.75) is 12.7 Å². The highest BCUT2D eigenvalue weighted by atomic mass is 32.2. The van der Waals surface area contributed by atoms with Crippen LogP contribution in [-0.4, -0.2) is 27.1 Å². The van der Waals surface area contributed by atoms with Crippen molar-refractivity contribution in [1.29, 1.82) is 0 Å². The number of amides is 1. The van der Waals surface area contributed by atoms with E-state index in [4.69, 9.17) is 0 Å². The predicted molar refractivity (Wildman–Crippen MR) is 109 cm³/mol. The van der Waals surface area contributed by atoms with Gasteiger partial charge in [-0.1, -0.05) is 48.5 Å². The molecule has 0 spiro atoms. The van der Waals surface area contributed by atoms with E-state index >= 15 is 0 Å². The first-order chi connectivity index (χ1) is 14.1. The number of hydrogen-bond acceptors (Lipinski definition) is 3. The number of carbonyl (C=O) groups is 1. The minimum Gasteiger partial charge on any atom is -0.350 e. The molecule has 0 aromatic heterocycles. The Bertz CT molecular complexity index is 1170. The lowest BCUT2D eigenvalue weighted by Crippen LogP contribution is -2.40. The topological polar surface area (TPSA) is 66.5 Å². The number of nitrogens with zero attached hydrogens (tertiary/aromatic N) is 1. The Morgan fingerprint density at radius 2 is 1.67 bits per heavy atom. The van der Waals surface area contributed by atoms with Gasteiger partial charge in [-0.15, -0.1) is 0 Å². The molecule has 0 aliphatic heterocycles. The third-order valence-electron chi connectivity index (χ3n) is 4.47. The van der Waals surface area contributed by atoms with E-state index in [0.717, 1.165) is 28.1 Å². The molecule has 0 saturated carbocycles. The number of halogens is 3. The first-order valence-corrected chi connectivity index (χ1v) is 10.8. The van der Waals surface area contributed by atoms with Crippen LogP contribution in [0.4, 0.5) is 18.9 Å². The number of fused-ring (bicyclic) bond motifs is 1. The molecule has 9 heteroatoms. The number of carbonyl (C=O) groups excluding carboxylic acids is 1. The molecule has 3 aromatic rings. The lowest BCUT2D eigenvalue weighted by atomic mass is 10.1. The van der Waals surface area contributed by atoms with E-state index in [1.807, 2.05) is 18.2 Å². The highest BCUT2D eigenvalue weighted by molar-refractivity contribution is 7.92. The van der Waals surface area contributed by atoms with Crippen molar-refractivity contribution < 1.29 is 26.4 Å². The van der Waals surface area contributed by atoms with Crippen molar-refractivity contribution in [2.24, 2.45) is 0 Å². The monoisotopic (exact) mass is 436 g/mol. The van der Waals surface area contributed by atoms with Gasteiger partial charge in [0.05, 0.1) is 17.5 Å². The minimum absolute atomic E-state index is 0.157. The predicted octanol–water partition coefficient (Wildman–Crippen LogP) is 3.94. The molecule has 0 fully saturated rings. The zero-order chi connectivity index (χ0) is 21.9. The Morgan fingerprint density at radius 3 is 2.37 bits per heavy atom. The van der Waals surface area contributed by atoms with Crippen LogP contribution in [-0.2, 0) is 27.5 Å². The summed E-state index contributed by atoms with van der Waals surface area (Å²) in [5, 5.41) is 3.96. The van der Waals surface area contributed by atoms with E-state index in [1.165, 1.54) is 12.1 Å². The Kier molecular flexibility index (Phi) is 6.02. The molecule has 3 aromatic carbocycles. The molecular formula is C21H19F3N2O3S. The van der Waals surface area contributed by atoms with Crippen molar-refractivity contribution in [1.82, 2.24) is 5.32 Å². The Labute approximate surface area is 172 Å². The number of alkyl halides is 3. The second-order valence-electron chi connectivity index (χ2n) is 6.74. The number of hydrogen-bond donors (Lipinski definition) is 1. The molecule has 0 atom stereocenters. The maximum atomic E-state index is 12.8.